The molecule has 0 radical (unpaired) electrons. The molecule has 2 rings (SSSR count). The summed E-state index contributed by atoms with van der Waals surface area (Å²) >= 11 is 0. The van der Waals surface area contributed by atoms with Gasteiger partial charge in [-0.2, -0.15) is 13.2 Å². The van der Waals surface area contributed by atoms with Gasteiger partial charge in [0.05, 0.1) is 18.4 Å². The van der Waals surface area contributed by atoms with E-state index in [1.807, 2.05) is 0 Å². The van der Waals surface area contributed by atoms with Crippen LogP contribution in [0.25, 0.3) is 0 Å². The second kappa shape index (κ2) is 4.92. The van der Waals surface area contributed by atoms with Gasteiger partial charge in [0, 0.05) is 18.6 Å². The summed E-state index contributed by atoms with van der Waals surface area (Å²) in [4.78, 5) is 7.45. The first-order chi connectivity index (χ1) is 8.57. The van der Waals surface area contributed by atoms with Crippen LogP contribution in [0.4, 0.5) is 13.2 Å². The molecule has 92 valence electrons. The van der Waals surface area contributed by atoms with Gasteiger partial charge in [-0.3, -0.25) is 0 Å². The van der Waals surface area contributed by atoms with E-state index in [2.05, 4.69) is 21.8 Å². The summed E-state index contributed by atoms with van der Waals surface area (Å²) in [6, 6.07) is 2.21. The Hall–Kier alpha value is -2.29. The Balaban J connectivity index is 2.22. The third kappa shape index (κ3) is 2.88. The fourth-order valence-corrected chi connectivity index (χ4v) is 1.33. The second-order valence-electron chi connectivity index (χ2n) is 3.43. The van der Waals surface area contributed by atoms with Gasteiger partial charge in [-0.15, -0.1) is 0 Å². The molecule has 0 saturated carbocycles. The van der Waals surface area contributed by atoms with Gasteiger partial charge in [0.15, 0.2) is 0 Å². The fourth-order valence-electron chi connectivity index (χ4n) is 1.33. The van der Waals surface area contributed by atoms with Gasteiger partial charge in [0.25, 0.3) is 0 Å². The number of alkyl halides is 3. The summed E-state index contributed by atoms with van der Waals surface area (Å²) in [5, 5.41) is 0. The maximum atomic E-state index is 12.6. The molecular weight excluding hydrogens is 243 g/mol. The average Bonchev–Trinajstić information content (AvgIpc) is 2.81. The van der Waals surface area contributed by atoms with E-state index < -0.39 is 11.7 Å². The number of halogens is 3. The summed E-state index contributed by atoms with van der Waals surface area (Å²) in [7, 11) is 0. The minimum atomic E-state index is -4.44. The predicted molar refractivity (Wildman–Crippen MR) is 58.3 cm³/mol. The van der Waals surface area contributed by atoms with Gasteiger partial charge in [0.1, 0.15) is 5.69 Å². The highest BCUT2D eigenvalue weighted by Gasteiger charge is 2.33. The van der Waals surface area contributed by atoms with Crippen molar-refractivity contribution >= 4 is 0 Å². The van der Waals surface area contributed by atoms with Crippen LogP contribution >= 0.6 is 0 Å². The van der Waals surface area contributed by atoms with E-state index >= 15 is 0 Å². The molecule has 0 unspecified atom stereocenters. The van der Waals surface area contributed by atoms with Crippen molar-refractivity contribution in [3.8, 4) is 11.8 Å². The maximum absolute atomic E-state index is 12.6. The number of rotatable bonds is 1. The molecular formula is C12H8F3N3. The molecule has 6 heteroatoms. The average molecular weight is 251 g/mol. The Bertz CT molecular complexity index is 577. The molecule has 0 aromatic carbocycles. The maximum Gasteiger partial charge on any atom is 0.419 e. The van der Waals surface area contributed by atoms with E-state index in [9.17, 15) is 13.2 Å². The quantitative estimate of drug-likeness (QED) is 0.728. The van der Waals surface area contributed by atoms with Crippen LogP contribution in [0.2, 0.25) is 0 Å². The molecule has 0 fully saturated rings. The van der Waals surface area contributed by atoms with Crippen LogP contribution in [0.3, 0.4) is 0 Å². The molecule has 0 atom stereocenters. The molecule has 18 heavy (non-hydrogen) atoms. The SMILES string of the molecule is FC(F)(F)c1cccnc1C#CCn1ccnc1. The van der Waals surface area contributed by atoms with E-state index in [1.54, 1.807) is 17.0 Å². The van der Waals surface area contributed by atoms with Crippen LogP contribution in [0, 0.1) is 11.8 Å². The largest absolute Gasteiger partial charge is 0.419 e. The first-order valence-electron chi connectivity index (χ1n) is 5.04. The van der Waals surface area contributed by atoms with Crippen molar-refractivity contribution in [2.24, 2.45) is 0 Å². The minimum absolute atomic E-state index is 0.259. The van der Waals surface area contributed by atoms with Crippen molar-refractivity contribution in [2.75, 3.05) is 0 Å². The van der Waals surface area contributed by atoms with E-state index in [4.69, 9.17) is 0 Å². The van der Waals surface area contributed by atoms with Gasteiger partial charge in [-0.1, -0.05) is 5.92 Å². The first kappa shape index (κ1) is 12.2. The van der Waals surface area contributed by atoms with Crippen LogP contribution in [-0.2, 0) is 12.7 Å². The summed E-state index contributed by atoms with van der Waals surface area (Å²) in [5.41, 5.74) is -1.08. The van der Waals surface area contributed by atoms with Crippen molar-refractivity contribution in [1.82, 2.24) is 14.5 Å². The Morgan fingerprint density at radius 3 is 2.78 bits per heavy atom. The number of imidazole rings is 1. The summed E-state index contributed by atoms with van der Waals surface area (Å²) in [6.45, 7) is 0.272. The summed E-state index contributed by atoms with van der Waals surface area (Å²) in [5.74, 6) is 5.06. The molecule has 0 N–H and O–H groups in total. The number of hydrogen-bond acceptors (Lipinski definition) is 2. The zero-order valence-electron chi connectivity index (χ0n) is 9.15. The van der Waals surface area contributed by atoms with Gasteiger partial charge in [-0.05, 0) is 18.1 Å². The summed E-state index contributed by atoms with van der Waals surface area (Å²) in [6.07, 6.45) is 1.64. The molecule has 0 saturated heterocycles. The van der Waals surface area contributed by atoms with E-state index in [-0.39, 0.29) is 12.2 Å². The highest BCUT2D eigenvalue weighted by molar-refractivity contribution is 5.37. The zero-order chi connectivity index (χ0) is 13.0. The zero-order valence-corrected chi connectivity index (χ0v) is 9.15. The summed E-state index contributed by atoms with van der Waals surface area (Å²) < 4.78 is 39.5. The molecule has 0 bridgehead atoms. The van der Waals surface area contributed by atoms with Crippen molar-refractivity contribution in [3.05, 3.63) is 48.3 Å². The van der Waals surface area contributed by atoms with Gasteiger partial charge < -0.3 is 4.57 Å². The van der Waals surface area contributed by atoms with Gasteiger partial charge in [-0.25, -0.2) is 9.97 Å². The third-order valence-corrected chi connectivity index (χ3v) is 2.14. The van der Waals surface area contributed by atoms with Crippen molar-refractivity contribution in [3.63, 3.8) is 0 Å². The number of nitrogens with zero attached hydrogens (tertiary/aromatic N) is 3. The smallest absolute Gasteiger partial charge is 0.326 e. The molecule has 0 aliphatic heterocycles. The van der Waals surface area contributed by atoms with Crippen molar-refractivity contribution < 1.29 is 13.2 Å². The van der Waals surface area contributed by atoms with Crippen LogP contribution in [0.1, 0.15) is 11.3 Å². The van der Waals surface area contributed by atoms with Crippen molar-refractivity contribution in [2.45, 2.75) is 12.7 Å². The molecule has 0 spiro atoms. The Morgan fingerprint density at radius 2 is 2.11 bits per heavy atom. The lowest BCUT2D eigenvalue weighted by molar-refractivity contribution is -0.138. The molecule has 0 aliphatic rings. The van der Waals surface area contributed by atoms with Crippen LogP contribution in [0.5, 0.6) is 0 Å². The standard InChI is InChI=1S/C12H8F3N3/c13-12(14,15)10-3-1-5-17-11(10)4-2-7-18-8-6-16-9-18/h1,3,5-6,8-9H,7H2. The minimum Gasteiger partial charge on any atom is -0.326 e. The predicted octanol–water partition coefficient (Wildman–Crippen LogP) is 2.35. The Morgan fingerprint density at radius 1 is 1.28 bits per heavy atom. The van der Waals surface area contributed by atoms with Crippen LogP contribution < -0.4 is 0 Å². The molecule has 2 aromatic rings. The second-order valence-corrected chi connectivity index (χ2v) is 3.43. The lowest BCUT2D eigenvalue weighted by Crippen LogP contribution is -2.08. The number of aromatic nitrogens is 3. The lowest BCUT2D eigenvalue weighted by atomic mass is 10.2. The number of hydrogen-bond donors (Lipinski definition) is 0. The van der Waals surface area contributed by atoms with Crippen LogP contribution in [-0.4, -0.2) is 14.5 Å². The normalized spacial score (nSPS) is 10.8. The van der Waals surface area contributed by atoms with E-state index in [0.717, 1.165) is 6.07 Å². The molecule has 2 heterocycles. The molecule has 0 amide bonds. The van der Waals surface area contributed by atoms with E-state index in [0.29, 0.717) is 0 Å². The Labute approximate surface area is 101 Å². The monoisotopic (exact) mass is 251 g/mol. The third-order valence-electron chi connectivity index (χ3n) is 2.14. The van der Waals surface area contributed by atoms with Crippen molar-refractivity contribution in [1.29, 1.82) is 0 Å². The topological polar surface area (TPSA) is 30.7 Å². The number of pyridine rings is 1. The highest BCUT2D eigenvalue weighted by atomic mass is 19.4. The van der Waals surface area contributed by atoms with Crippen LogP contribution in [0.15, 0.2) is 37.1 Å². The van der Waals surface area contributed by atoms with Gasteiger partial charge >= 0.3 is 6.18 Å². The lowest BCUT2D eigenvalue weighted by Gasteiger charge is -2.07. The first-order valence-corrected chi connectivity index (χ1v) is 5.04. The molecule has 3 nitrogen and oxygen atoms in total. The van der Waals surface area contributed by atoms with E-state index in [1.165, 1.54) is 18.6 Å². The Kier molecular flexibility index (Phi) is 3.33. The molecule has 2 aromatic heterocycles. The van der Waals surface area contributed by atoms with Gasteiger partial charge in [0.2, 0.25) is 0 Å². The fraction of sp³-hybridized carbons (Fsp3) is 0.167. The molecule has 0 aliphatic carbocycles. The highest BCUT2D eigenvalue weighted by Crippen LogP contribution is 2.30.